The van der Waals surface area contributed by atoms with Crippen LogP contribution in [0.15, 0.2) is 91.0 Å². The zero-order chi connectivity index (χ0) is 21.0. The van der Waals surface area contributed by atoms with Crippen LogP contribution in [0.25, 0.3) is 21.9 Å². The van der Waals surface area contributed by atoms with Gasteiger partial charge in [0.25, 0.3) is 0 Å². The van der Waals surface area contributed by atoms with Crippen LogP contribution in [-0.4, -0.2) is 19.2 Å². The van der Waals surface area contributed by atoms with E-state index in [1.165, 1.54) is 27.5 Å². The minimum absolute atomic E-state index is 0. The minimum Gasteiger partial charge on any atom is -0.372 e. The van der Waals surface area contributed by atoms with E-state index in [0.29, 0.717) is 12.5 Å². The Morgan fingerprint density at radius 3 is 2.44 bits per heavy atom. The zero-order valence-corrected chi connectivity index (χ0v) is 19.4. The van der Waals surface area contributed by atoms with Crippen molar-refractivity contribution in [2.24, 2.45) is 0 Å². The second-order valence-electron chi connectivity index (χ2n) is 8.27. The van der Waals surface area contributed by atoms with Gasteiger partial charge in [-0.15, -0.1) is 12.4 Å². The second kappa shape index (κ2) is 10.5. The Labute approximate surface area is 201 Å². The lowest BCUT2D eigenvalue weighted by atomic mass is 9.86. The van der Waals surface area contributed by atoms with Gasteiger partial charge < -0.3 is 10.1 Å². The minimum atomic E-state index is 0. The molecule has 1 aliphatic heterocycles. The van der Waals surface area contributed by atoms with E-state index in [-0.39, 0.29) is 18.5 Å². The molecule has 2 atom stereocenters. The van der Waals surface area contributed by atoms with E-state index in [1.807, 2.05) is 18.2 Å². The predicted molar refractivity (Wildman–Crippen MR) is 137 cm³/mol. The molecule has 32 heavy (non-hydrogen) atoms. The summed E-state index contributed by atoms with van der Waals surface area (Å²) >= 11 is 6.21. The maximum atomic E-state index is 6.47. The molecule has 1 aliphatic rings. The van der Waals surface area contributed by atoms with E-state index in [4.69, 9.17) is 16.3 Å². The fourth-order valence-corrected chi connectivity index (χ4v) is 4.73. The molecule has 164 valence electrons. The van der Waals surface area contributed by atoms with E-state index < -0.39 is 0 Å². The Morgan fingerprint density at radius 2 is 1.59 bits per heavy atom. The Hall–Kier alpha value is -2.36. The summed E-state index contributed by atoms with van der Waals surface area (Å²) in [5, 5.41) is 6.80. The first-order valence-electron chi connectivity index (χ1n) is 10.9. The number of fused-ring (bicyclic) bond motifs is 1. The molecular weight excluding hydrogens is 437 g/mol. The lowest BCUT2D eigenvalue weighted by Gasteiger charge is -2.33. The molecule has 0 saturated carbocycles. The second-order valence-corrected chi connectivity index (χ2v) is 8.70. The lowest BCUT2D eigenvalue weighted by Crippen LogP contribution is -2.41. The first kappa shape index (κ1) is 22.8. The molecule has 0 radical (unpaired) electrons. The highest BCUT2D eigenvalue weighted by Gasteiger charge is 2.27. The Kier molecular flexibility index (Phi) is 7.49. The van der Waals surface area contributed by atoms with Gasteiger partial charge in [-0.2, -0.15) is 0 Å². The summed E-state index contributed by atoms with van der Waals surface area (Å²) < 4.78 is 6.47. The van der Waals surface area contributed by atoms with Crippen LogP contribution < -0.4 is 5.32 Å². The van der Waals surface area contributed by atoms with Crippen LogP contribution in [0.1, 0.15) is 23.5 Å². The summed E-state index contributed by atoms with van der Waals surface area (Å²) in [5.41, 5.74) is 4.90. The first-order valence-corrected chi connectivity index (χ1v) is 11.3. The van der Waals surface area contributed by atoms with Crippen molar-refractivity contribution in [2.75, 3.05) is 13.1 Å². The molecule has 0 amide bonds. The monoisotopic (exact) mass is 463 g/mol. The SMILES string of the molecule is Cl.Clc1cccc(-c2cccc([C@H]3CCNC[C@@H]3OCc3ccc4ccccc4c3)c2)c1. The van der Waals surface area contributed by atoms with E-state index in [9.17, 15) is 0 Å². The standard InChI is InChI=1S/C28H26ClNO.ClH/c29-26-10-4-8-24(17-26)23-7-3-9-25(16-23)27-13-14-30-18-28(27)31-19-20-11-12-21-5-1-2-6-22(21)15-20;/h1-12,15-17,27-28,30H,13-14,18-19H2;1H/t27-,28+;/m1./s1. The number of rotatable bonds is 5. The maximum Gasteiger partial charge on any atom is 0.0772 e. The molecule has 4 heteroatoms. The van der Waals surface area contributed by atoms with E-state index >= 15 is 0 Å². The molecule has 1 fully saturated rings. The van der Waals surface area contributed by atoms with Gasteiger partial charge in [-0.25, -0.2) is 0 Å². The molecule has 0 aromatic heterocycles. The third-order valence-electron chi connectivity index (χ3n) is 6.18. The highest BCUT2D eigenvalue weighted by Crippen LogP contribution is 2.32. The highest BCUT2D eigenvalue weighted by molar-refractivity contribution is 6.30. The van der Waals surface area contributed by atoms with Crippen molar-refractivity contribution in [2.45, 2.75) is 25.0 Å². The van der Waals surface area contributed by atoms with Gasteiger partial charge in [-0.3, -0.25) is 0 Å². The lowest BCUT2D eigenvalue weighted by molar-refractivity contribution is 0.0107. The van der Waals surface area contributed by atoms with Gasteiger partial charge in [0.15, 0.2) is 0 Å². The summed E-state index contributed by atoms with van der Waals surface area (Å²) in [6, 6.07) is 31.9. The van der Waals surface area contributed by atoms with Crippen molar-refractivity contribution >= 4 is 34.8 Å². The quantitative estimate of drug-likeness (QED) is 0.336. The van der Waals surface area contributed by atoms with E-state index in [1.54, 1.807) is 0 Å². The topological polar surface area (TPSA) is 21.3 Å². The summed E-state index contributed by atoms with van der Waals surface area (Å²) in [5.74, 6) is 0.376. The van der Waals surface area contributed by atoms with Gasteiger partial charge >= 0.3 is 0 Å². The molecule has 4 aromatic carbocycles. The molecule has 0 spiro atoms. The third-order valence-corrected chi connectivity index (χ3v) is 6.41. The van der Waals surface area contributed by atoms with Crippen LogP contribution in [0.4, 0.5) is 0 Å². The van der Waals surface area contributed by atoms with Crippen molar-refractivity contribution in [1.29, 1.82) is 0 Å². The number of benzene rings is 4. The normalized spacial score (nSPS) is 18.3. The van der Waals surface area contributed by atoms with Crippen LogP contribution in [0, 0.1) is 0 Å². The molecule has 0 unspecified atom stereocenters. The molecule has 2 nitrogen and oxygen atoms in total. The predicted octanol–water partition coefficient (Wildman–Crippen LogP) is 7.24. The van der Waals surface area contributed by atoms with Crippen LogP contribution in [0.3, 0.4) is 0 Å². The van der Waals surface area contributed by atoms with Crippen LogP contribution in [-0.2, 0) is 11.3 Å². The molecule has 0 aliphatic carbocycles. The molecule has 1 saturated heterocycles. The van der Waals surface area contributed by atoms with E-state index in [0.717, 1.165) is 30.1 Å². The Bertz CT molecular complexity index is 1190. The highest BCUT2D eigenvalue weighted by atomic mass is 35.5. The Balaban J connectivity index is 0.00000245. The summed E-state index contributed by atoms with van der Waals surface area (Å²) in [4.78, 5) is 0. The number of ether oxygens (including phenoxy) is 1. The van der Waals surface area contributed by atoms with Crippen LogP contribution in [0.2, 0.25) is 5.02 Å². The fourth-order valence-electron chi connectivity index (χ4n) is 4.54. The van der Waals surface area contributed by atoms with Crippen molar-refractivity contribution in [3.63, 3.8) is 0 Å². The number of halogens is 2. The molecule has 1 heterocycles. The molecule has 4 aromatic rings. The molecule has 5 rings (SSSR count). The number of nitrogens with one attached hydrogen (secondary N) is 1. The van der Waals surface area contributed by atoms with E-state index in [2.05, 4.69) is 78.1 Å². The van der Waals surface area contributed by atoms with Crippen LogP contribution in [0.5, 0.6) is 0 Å². The number of piperidine rings is 1. The molecular formula is C28H27Cl2NO. The molecule has 1 N–H and O–H groups in total. The smallest absolute Gasteiger partial charge is 0.0772 e. The van der Waals surface area contributed by atoms with Crippen molar-refractivity contribution in [3.8, 4) is 11.1 Å². The van der Waals surface area contributed by atoms with Gasteiger partial charge in [0.1, 0.15) is 0 Å². The van der Waals surface area contributed by atoms with Gasteiger partial charge in [0, 0.05) is 17.5 Å². The zero-order valence-electron chi connectivity index (χ0n) is 17.8. The van der Waals surface area contributed by atoms with Gasteiger partial charge in [0.05, 0.1) is 12.7 Å². The van der Waals surface area contributed by atoms with Crippen molar-refractivity contribution < 1.29 is 4.74 Å². The summed E-state index contributed by atoms with van der Waals surface area (Å²) in [6.07, 6.45) is 1.22. The van der Waals surface area contributed by atoms with Gasteiger partial charge in [0.2, 0.25) is 0 Å². The average Bonchev–Trinajstić information content (AvgIpc) is 2.83. The third kappa shape index (κ3) is 5.16. The Morgan fingerprint density at radius 1 is 0.812 bits per heavy atom. The van der Waals surface area contributed by atoms with Crippen molar-refractivity contribution in [3.05, 3.63) is 107 Å². The number of hydrogen-bond donors (Lipinski definition) is 1. The molecule has 0 bridgehead atoms. The van der Waals surface area contributed by atoms with Gasteiger partial charge in [-0.05, 0) is 64.2 Å². The largest absolute Gasteiger partial charge is 0.372 e. The van der Waals surface area contributed by atoms with Gasteiger partial charge in [-0.1, -0.05) is 84.4 Å². The average molecular weight is 464 g/mol. The van der Waals surface area contributed by atoms with Crippen LogP contribution >= 0.6 is 24.0 Å². The summed E-state index contributed by atoms with van der Waals surface area (Å²) in [7, 11) is 0. The number of hydrogen-bond acceptors (Lipinski definition) is 2. The maximum absolute atomic E-state index is 6.47. The first-order chi connectivity index (χ1) is 15.3. The fraction of sp³-hybridized carbons (Fsp3) is 0.214. The summed E-state index contributed by atoms with van der Waals surface area (Å²) in [6.45, 7) is 2.52. The van der Waals surface area contributed by atoms with Crippen molar-refractivity contribution in [1.82, 2.24) is 5.32 Å².